The Morgan fingerprint density at radius 1 is 1.28 bits per heavy atom. The van der Waals surface area contributed by atoms with E-state index < -0.39 is 0 Å². The van der Waals surface area contributed by atoms with E-state index in [0.717, 1.165) is 18.4 Å². The van der Waals surface area contributed by atoms with Crippen molar-refractivity contribution in [2.45, 2.75) is 32.6 Å². The maximum atomic E-state index is 12.6. The zero-order valence-electron chi connectivity index (χ0n) is 15.1. The van der Waals surface area contributed by atoms with Crippen LogP contribution < -0.4 is 0 Å². The van der Waals surface area contributed by atoms with Gasteiger partial charge >= 0.3 is 0 Å². The lowest BCUT2D eigenvalue weighted by Gasteiger charge is -2.38. The van der Waals surface area contributed by atoms with Gasteiger partial charge in [-0.25, -0.2) is 0 Å². The Balaban J connectivity index is 1.94. The minimum Gasteiger partial charge on any atom is -0.345 e. The summed E-state index contributed by atoms with van der Waals surface area (Å²) in [5, 5.41) is 8.65. The molecule has 134 valence electrons. The van der Waals surface area contributed by atoms with Crippen molar-refractivity contribution in [3.05, 3.63) is 35.9 Å². The number of benzene rings is 1. The molecule has 0 bridgehead atoms. The van der Waals surface area contributed by atoms with Crippen molar-refractivity contribution < 1.29 is 9.59 Å². The van der Waals surface area contributed by atoms with Crippen LogP contribution in [0.4, 0.5) is 0 Å². The van der Waals surface area contributed by atoms with Gasteiger partial charge in [0, 0.05) is 38.7 Å². The molecule has 0 aromatic heterocycles. The van der Waals surface area contributed by atoms with Gasteiger partial charge in [0.1, 0.15) is 0 Å². The van der Waals surface area contributed by atoms with Crippen LogP contribution in [0.2, 0.25) is 0 Å². The number of carbonyl (C=O) groups excluding carboxylic acids is 2. The second-order valence-electron chi connectivity index (χ2n) is 6.76. The molecule has 5 nitrogen and oxygen atoms in total. The second kappa shape index (κ2) is 9.22. The SMILES string of the molecule is CC[C@H]1CN(C(=O)c2ccccc2)CC[C@H]1CC(=O)N(C)CCC#N. The molecule has 2 amide bonds. The van der Waals surface area contributed by atoms with Crippen LogP contribution >= 0.6 is 0 Å². The van der Waals surface area contributed by atoms with E-state index in [4.69, 9.17) is 5.26 Å². The molecule has 0 aliphatic carbocycles. The van der Waals surface area contributed by atoms with Crippen molar-refractivity contribution in [3.8, 4) is 6.07 Å². The van der Waals surface area contributed by atoms with Crippen molar-refractivity contribution in [1.29, 1.82) is 5.26 Å². The zero-order chi connectivity index (χ0) is 18.2. The quantitative estimate of drug-likeness (QED) is 0.799. The van der Waals surface area contributed by atoms with Crippen LogP contribution in [-0.2, 0) is 4.79 Å². The molecule has 2 atom stereocenters. The molecule has 2 rings (SSSR count). The number of amides is 2. The molecular weight excluding hydrogens is 314 g/mol. The first-order valence-electron chi connectivity index (χ1n) is 9.02. The van der Waals surface area contributed by atoms with Crippen molar-refractivity contribution in [2.24, 2.45) is 11.8 Å². The first kappa shape index (κ1) is 19.0. The van der Waals surface area contributed by atoms with Crippen molar-refractivity contribution in [3.63, 3.8) is 0 Å². The third-order valence-electron chi connectivity index (χ3n) is 5.15. The number of hydrogen-bond acceptors (Lipinski definition) is 3. The third-order valence-corrected chi connectivity index (χ3v) is 5.15. The summed E-state index contributed by atoms with van der Waals surface area (Å²) < 4.78 is 0. The fourth-order valence-electron chi connectivity index (χ4n) is 3.48. The molecule has 1 saturated heterocycles. The molecule has 5 heteroatoms. The van der Waals surface area contributed by atoms with Gasteiger partial charge in [0.15, 0.2) is 0 Å². The molecular formula is C20H27N3O2. The van der Waals surface area contributed by atoms with E-state index in [1.807, 2.05) is 35.2 Å². The smallest absolute Gasteiger partial charge is 0.253 e. The highest BCUT2D eigenvalue weighted by atomic mass is 16.2. The molecule has 1 aromatic carbocycles. The average molecular weight is 341 g/mol. The van der Waals surface area contributed by atoms with E-state index in [1.165, 1.54) is 0 Å². The molecule has 1 aromatic rings. The number of likely N-dealkylation sites (tertiary alicyclic amines) is 1. The standard InChI is InChI=1S/C20H27N3O2/c1-3-16-15-23(20(25)17-8-5-4-6-9-17)13-10-18(16)14-19(24)22(2)12-7-11-21/h4-6,8-9,16,18H,3,7,10,12-15H2,1-2H3/t16-,18-/m0/s1. The van der Waals surface area contributed by atoms with Gasteiger partial charge in [-0.3, -0.25) is 9.59 Å². The molecule has 1 heterocycles. The summed E-state index contributed by atoms with van der Waals surface area (Å²) >= 11 is 0. The molecule has 1 fully saturated rings. The summed E-state index contributed by atoms with van der Waals surface area (Å²) in [5.41, 5.74) is 0.725. The van der Waals surface area contributed by atoms with Crippen molar-refractivity contribution in [1.82, 2.24) is 9.80 Å². The number of piperidine rings is 1. The number of nitriles is 1. The summed E-state index contributed by atoms with van der Waals surface area (Å²) in [6.07, 6.45) is 2.69. The molecule has 0 N–H and O–H groups in total. The molecule has 1 aliphatic heterocycles. The van der Waals surface area contributed by atoms with E-state index in [9.17, 15) is 9.59 Å². The van der Waals surface area contributed by atoms with Crippen LogP contribution in [0.3, 0.4) is 0 Å². The largest absolute Gasteiger partial charge is 0.345 e. The minimum absolute atomic E-state index is 0.0787. The Morgan fingerprint density at radius 3 is 2.64 bits per heavy atom. The highest BCUT2D eigenvalue weighted by Crippen LogP contribution is 2.30. The second-order valence-corrected chi connectivity index (χ2v) is 6.76. The number of carbonyl (C=O) groups is 2. The van der Waals surface area contributed by atoms with Crippen LogP contribution in [0.25, 0.3) is 0 Å². The lowest BCUT2D eigenvalue weighted by Crippen LogP contribution is -2.45. The maximum Gasteiger partial charge on any atom is 0.253 e. The minimum atomic E-state index is 0.0787. The van der Waals surface area contributed by atoms with Gasteiger partial charge in [-0.2, -0.15) is 5.26 Å². The molecule has 1 aliphatic rings. The Morgan fingerprint density at radius 2 is 2.00 bits per heavy atom. The van der Waals surface area contributed by atoms with E-state index in [0.29, 0.717) is 44.3 Å². The Kier molecular flexibility index (Phi) is 7.00. The Hall–Kier alpha value is -2.35. The predicted molar refractivity (Wildman–Crippen MR) is 96.7 cm³/mol. The summed E-state index contributed by atoms with van der Waals surface area (Å²) in [5.74, 6) is 0.827. The third kappa shape index (κ3) is 5.06. The molecule has 0 spiro atoms. The van der Waals surface area contributed by atoms with Crippen LogP contribution in [0.5, 0.6) is 0 Å². The van der Waals surface area contributed by atoms with Crippen LogP contribution in [-0.4, -0.2) is 48.3 Å². The average Bonchev–Trinajstić information content (AvgIpc) is 2.66. The zero-order valence-corrected chi connectivity index (χ0v) is 15.1. The van der Waals surface area contributed by atoms with Crippen LogP contribution in [0.1, 0.15) is 43.0 Å². The van der Waals surface area contributed by atoms with Crippen molar-refractivity contribution in [2.75, 3.05) is 26.7 Å². The first-order chi connectivity index (χ1) is 12.1. The van der Waals surface area contributed by atoms with E-state index >= 15 is 0 Å². The van der Waals surface area contributed by atoms with Crippen LogP contribution in [0.15, 0.2) is 30.3 Å². The molecule has 25 heavy (non-hydrogen) atoms. The first-order valence-corrected chi connectivity index (χ1v) is 9.02. The van der Waals surface area contributed by atoms with E-state index in [1.54, 1.807) is 11.9 Å². The highest BCUT2D eigenvalue weighted by molar-refractivity contribution is 5.94. The highest BCUT2D eigenvalue weighted by Gasteiger charge is 2.32. The van der Waals surface area contributed by atoms with Gasteiger partial charge in [-0.1, -0.05) is 31.5 Å². The van der Waals surface area contributed by atoms with E-state index in [-0.39, 0.29) is 11.8 Å². The Labute approximate surface area is 150 Å². The summed E-state index contributed by atoms with van der Waals surface area (Å²) in [4.78, 5) is 28.6. The van der Waals surface area contributed by atoms with Gasteiger partial charge in [-0.15, -0.1) is 0 Å². The Bertz CT molecular complexity index is 624. The van der Waals surface area contributed by atoms with Gasteiger partial charge in [0.05, 0.1) is 12.5 Å². The van der Waals surface area contributed by atoms with Gasteiger partial charge in [0.2, 0.25) is 5.91 Å². The summed E-state index contributed by atoms with van der Waals surface area (Å²) in [7, 11) is 1.76. The molecule has 0 saturated carbocycles. The van der Waals surface area contributed by atoms with Crippen LogP contribution in [0, 0.1) is 23.2 Å². The number of rotatable bonds is 6. The number of hydrogen-bond donors (Lipinski definition) is 0. The van der Waals surface area contributed by atoms with Gasteiger partial charge < -0.3 is 9.80 Å². The topological polar surface area (TPSA) is 64.4 Å². The predicted octanol–water partition coefficient (Wildman–Crippen LogP) is 2.94. The lowest BCUT2D eigenvalue weighted by molar-refractivity contribution is -0.131. The normalized spacial score (nSPS) is 20.0. The monoisotopic (exact) mass is 341 g/mol. The van der Waals surface area contributed by atoms with E-state index in [2.05, 4.69) is 13.0 Å². The summed E-state index contributed by atoms with van der Waals surface area (Å²) in [6.45, 7) is 4.02. The number of nitrogens with zero attached hydrogens (tertiary/aromatic N) is 3. The molecule has 0 unspecified atom stereocenters. The summed E-state index contributed by atoms with van der Waals surface area (Å²) in [6, 6.07) is 11.4. The van der Waals surface area contributed by atoms with Gasteiger partial charge in [-0.05, 0) is 30.4 Å². The van der Waals surface area contributed by atoms with Crippen molar-refractivity contribution >= 4 is 11.8 Å². The lowest BCUT2D eigenvalue weighted by atomic mass is 9.81. The van der Waals surface area contributed by atoms with Gasteiger partial charge in [0.25, 0.3) is 5.91 Å². The fraction of sp³-hybridized carbons (Fsp3) is 0.550. The molecule has 0 radical (unpaired) electrons. The fourth-order valence-corrected chi connectivity index (χ4v) is 3.48. The maximum absolute atomic E-state index is 12.6.